The number of unbranched alkanes of at least 4 members (excludes halogenated alkanes) is 4. The molecule has 1 saturated carbocycles. The number of rotatable bonds is 8. The third-order valence-corrected chi connectivity index (χ3v) is 5.85. The highest BCUT2D eigenvalue weighted by atomic mass is 15.0. The van der Waals surface area contributed by atoms with Gasteiger partial charge in [-0.3, -0.25) is 0 Å². The Hall–Kier alpha value is -0.0400. The number of nitrogens with one attached hydrogen (secondary N) is 1. The number of fused-ring (bicyclic) bond motifs is 1. The minimum Gasteiger partial charge on any atom is -0.311 e. The summed E-state index contributed by atoms with van der Waals surface area (Å²) in [7, 11) is 0. The second-order valence-electron chi connectivity index (χ2n) is 7.39. The van der Waals surface area contributed by atoms with Crippen molar-refractivity contribution in [1.82, 2.24) is 5.32 Å². The summed E-state index contributed by atoms with van der Waals surface area (Å²) in [5.41, 5.74) is 0. The van der Waals surface area contributed by atoms with Crippen LogP contribution in [-0.4, -0.2) is 12.1 Å². The zero-order valence-electron chi connectivity index (χ0n) is 14.0. The van der Waals surface area contributed by atoms with Crippen molar-refractivity contribution in [3.63, 3.8) is 0 Å². The highest BCUT2D eigenvalue weighted by molar-refractivity contribution is 4.93. The Balaban J connectivity index is 1.75. The second-order valence-corrected chi connectivity index (χ2v) is 7.39. The maximum Gasteiger partial charge on any atom is 0.0101 e. The van der Waals surface area contributed by atoms with Crippen LogP contribution in [0.2, 0.25) is 0 Å². The standard InChI is InChI=1S/C19H37N/c1-3-5-7-10-16-11-9-13-19-18(16)15-14-17(20-19)12-8-6-4-2/h16-20H,3-15H2,1-2H3/t16-,17-,18+,19+/m1/s1. The molecule has 1 aliphatic carbocycles. The Labute approximate surface area is 127 Å². The summed E-state index contributed by atoms with van der Waals surface area (Å²) in [5, 5.41) is 4.03. The molecule has 0 bridgehead atoms. The Kier molecular flexibility index (Phi) is 7.41. The SMILES string of the molecule is CCCCC[C@@H]1CC[C@H]2[C@H](CCCCC)CCC[C@@H]2N1. The molecule has 1 saturated heterocycles. The largest absolute Gasteiger partial charge is 0.311 e. The predicted octanol–water partition coefficient (Wildman–Crippen LogP) is 5.68. The van der Waals surface area contributed by atoms with Gasteiger partial charge in [0, 0.05) is 12.1 Å². The van der Waals surface area contributed by atoms with Gasteiger partial charge in [-0.2, -0.15) is 0 Å². The van der Waals surface area contributed by atoms with E-state index in [4.69, 9.17) is 0 Å². The fourth-order valence-electron chi connectivity index (χ4n) is 4.66. The fourth-order valence-corrected chi connectivity index (χ4v) is 4.66. The van der Waals surface area contributed by atoms with Crippen molar-refractivity contribution in [3.05, 3.63) is 0 Å². The molecular formula is C19H37N. The van der Waals surface area contributed by atoms with Gasteiger partial charge in [0.15, 0.2) is 0 Å². The van der Waals surface area contributed by atoms with Crippen LogP contribution in [0.25, 0.3) is 0 Å². The lowest BCUT2D eigenvalue weighted by Crippen LogP contribution is -2.51. The van der Waals surface area contributed by atoms with Gasteiger partial charge in [0.2, 0.25) is 0 Å². The highest BCUT2D eigenvalue weighted by Crippen LogP contribution is 2.39. The average molecular weight is 280 g/mol. The van der Waals surface area contributed by atoms with Gasteiger partial charge in [-0.15, -0.1) is 0 Å². The lowest BCUT2D eigenvalue weighted by atomic mass is 9.69. The van der Waals surface area contributed by atoms with E-state index in [2.05, 4.69) is 19.2 Å². The van der Waals surface area contributed by atoms with E-state index in [9.17, 15) is 0 Å². The van der Waals surface area contributed by atoms with Crippen molar-refractivity contribution >= 4 is 0 Å². The van der Waals surface area contributed by atoms with Crippen LogP contribution in [0.1, 0.15) is 97.3 Å². The quantitative estimate of drug-likeness (QED) is 0.563. The molecule has 1 aliphatic heterocycles. The van der Waals surface area contributed by atoms with Gasteiger partial charge < -0.3 is 5.32 Å². The normalized spacial score (nSPS) is 33.9. The third kappa shape index (κ3) is 4.76. The topological polar surface area (TPSA) is 12.0 Å². The average Bonchev–Trinajstić information content (AvgIpc) is 2.48. The first-order chi connectivity index (χ1) is 9.85. The van der Waals surface area contributed by atoms with E-state index in [0.29, 0.717) is 0 Å². The Morgan fingerprint density at radius 3 is 2.30 bits per heavy atom. The first kappa shape index (κ1) is 16.3. The minimum absolute atomic E-state index is 0.845. The molecule has 4 atom stereocenters. The van der Waals surface area contributed by atoms with Crippen molar-refractivity contribution < 1.29 is 0 Å². The summed E-state index contributed by atoms with van der Waals surface area (Å²) in [6, 6.07) is 1.72. The lowest BCUT2D eigenvalue weighted by molar-refractivity contribution is 0.104. The second kappa shape index (κ2) is 9.07. The first-order valence-corrected chi connectivity index (χ1v) is 9.61. The van der Waals surface area contributed by atoms with E-state index in [0.717, 1.165) is 23.9 Å². The Morgan fingerprint density at radius 2 is 1.55 bits per heavy atom. The fraction of sp³-hybridized carbons (Fsp3) is 1.00. The molecule has 2 fully saturated rings. The molecule has 0 aromatic carbocycles. The monoisotopic (exact) mass is 279 g/mol. The molecule has 0 unspecified atom stereocenters. The van der Waals surface area contributed by atoms with Crippen molar-refractivity contribution in [1.29, 1.82) is 0 Å². The van der Waals surface area contributed by atoms with Crippen LogP contribution in [0.4, 0.5) is 0 Å². The zero-order chi connectivity index (χ0) is 14.2. The molecule has 0 spiro atoms. The molecule has 1 N–H and O–H groups in total. The Morgan fingerprint density at radius 1 is 0.800 bits per heavy atom. The molecule has 118 valence electrons. The molecule has 2 rings (SSSR count). The van der Waals surface area contributed by atoms with Crippen LogP contribution in [0.3, 0.4) is 0 Å². The molecule has 2 aliphatic rings. The third-order valence-electron chi connectivity index (χ3n) is 5.85. The summed E-state index contributed by atoms with van der Waals surface area (Å²) in [5.74, 6) is 2.06. The molecule has 1 heterocycles. The number of piperidine rings is 1. The van der Waals surface area contributed by atoms with E-state index in [-0.39, 0.29) is 0 Å². The van der Waals surface area contributed by atoms with Crippen molar-refractivity contribution in [2.75, 3.05) is 0 Å². The molecule has 0 amide bonds. The maximum absolute atomic E-state index is 4.03. The number of hydrogen-bond donors (Lipinski definition) is 1. The first-order valence-electron chi connectivity index (χ1n) is 9.61. The van der Waals surface area contributed by atoms with Gasteiger partial charge in [-0.25, -0.2) is 0 Å². The van der Waals surface area contributed by atoms with Crippen LogP contribution in [0, 0.1) is 11.8 Å². The van der Waals surface area contributed by atoms with Gasteiger partial charge in [0.1, 0.15) is 0 Å². The zero-order valence-corrected chi connectivity index (χ0v) is 14.0. The molecular weight excluding hydrogens is 242 g/mol. The van der Waals surface area contributed by atoms with E-state index in [1.54, 1.807) is 0 Å². The lowest BCUT2D eigenvalue weighted by Gasteiger charge is -2.45. The van der Waals surface area contributed by atoms with E-state index < -0.39 is 0 Å². The Bertz CT molecular complexity index is 250. The van der Waals surface area contributed by atoms with Crippen molar-refractivity contribution in [2.24, 2.45) is 11.8 Å². The molecule has 0 radical (unpaired) electrons. The van der Waals surface area contributed by atoms with E-state index >= 15 is 0 Å². The minimum atomic E-state index is 0.845. The predicted molar refractivity (Wildman–Crippen MR) is 89.1 cm³/mol. The van der Waals surface area contributed by atoms with Crippen LogP contribution in [0.15, 0.2) is 0 Å². The molecule has 20 heavy (non-hydrogen) atoms. The van der Waals surface area contributed by atoms with Crippen LogP contribution in [-0.2, 0) is 0 Å². The molecule has 0 aromatic heterocycles. The summed E-state index contributed by atoms with van der Waals surface area (Å²) in [6.45, 7) is 4.64. The highest BCUT2D eigenvalue weighted by Gasteiger charge is 2.36. The van der Waals surface area contributed by atoms with Crippen molar-refractivity contribution in [2.45, 2.75) is 109 Å². The van der Waals surface area contributed by atoms with Crippen LogP contribution >= 0.6 is 0 Å². The van der Waals surface area contributed by atoms with E-state index in [1.165, 1.54) is 83.5 Å². The van der Waals surface area contributed by atoms with Gasteiger partial charge in [0.05, 0.1) is 0 Å². The summed E-state index contributed by atoms with van der Waals surface area (Å²) < 4.78 is 0. The number of hydrogen-bond acceptors (Lipinski definition) is 1. The van der Waals surface area contributed by atoms with Gasteiger partial charge in [-0.05, 0) is 37.5 Å². The van der Waals surface area contributed by atoms with Crippen LogP contribution in [0.5, 0.6) is 0 Å². The molecule has 0 aromatic rings. The van der Waals surface area contributed by atoms with Gasteiger partial charge in [-0.1, -0.05) is 71.6 Å². The smallest absolute Gasteiger partial charge is 0.0101 e. The van der Waals surface area contributed by atoms with Crippen molar-refractivity contribution in [3.8, 4) is 0 Å². The molecule has 1 heteroatoms. The van der Waals surface area contributed by atoms with Gasteiger partial charge >= 0.3 is 0 Å². The molecule has 1 nitrogen and oxygen atoms in total. The van der Waals surface area contributed by atoms with Gasteiger partial charge in [0.25, 0.3) is 0 Å². The summed E-state index contributed by atoms with van der Waals surface area (Å²) in [4.78, 5) is 0. The van der Waals surface area contributed by atoms with Crippen LogP contribution < -0.4 is 5.32 Å². The summed E-state index contributed by atoms with van der Waals surface area (Å²) >= 11 is 0. The maximum atomic E-state index is 4.03. The van der Waals surface area contributed by atoms with E-state index in [1.807, 2.05) is 0 Å². The summed E-state index contributed by atoms with van der Waals surface area (Å²) in [6.07, 6.45) is 18.9.